The Morgan fingerprint density at radius 1 is 1.25 bits per heavy atom. The smallest absolute Gasteiger partial charge is 0.338 e. The van der Waals surface area contributed by atoms with Crippen molar-refractivity contribution in [3.05, 3.63) is 28.2 Å². The highest BCUT2D eigenvalue weighted by Crippen LogP contribution is 2.19. The van der Waals surface area contributed by atoms with Crippen molar-refractivity contribution in [3.8, 4) is 0 Å². The van der Waals surface area contributed by atoms with Gasteiger partial charge >= 0.3 is 5.97 Å². The van der Waals surface area contributed by atoms with Crippen LogP contribution in [0.1, 0.15) is 23.7 Å². The summed E-state index contributed by atoms with van der Waals surface area (Å²) >= 11 is 3.12. The second-order valence-electron chi connectivity index (χ2n) is 3.97. The minimum Gasteiger partial charge on any atom is -0.460 e. The monoisotopic (exact) mass is 365 g/mol. The van der Waals surface area contributed by atoms with Gasteiger partial charge in [-0.15, -0.1) is 0 Å². The van der Waals surface area contributed by atoms with Gasteiger partial charge < -0.3 is 9.47 Å². The summed E-state index contributed by atoms with van der Waals surface area (Å²) in [6, 6.07) is 3.95. The quantitative estimate of drug-likeness (QED) is 0.585. The molecule has 0 amide bonds. The number of sulfonamides is 1. The molecule has 2 N–H and O–H groups in total. The van der Waals surface area contributed by atoms with E-state index in [1.807, 2.05) is 6.92 Å². The molecular weight excluding hydrogens is 350 g/mol. The van der Waals surface area contributed by atoms with Crippen LogP contribution in [0.25, 0.3) is 0 Å². The predicted octanol–water partition coefficient (Wildman–Crippen LogP) is 1.68. The van der Waals surface area contributed by atoms with Gasteiger partial charge in [-0.1, -0.05) is 22.9 Å². The van der Waals surface area contributed by atoms with Gasteiger partial charge in [-0.2, -0.15) is 0 Å². The first-order chi connectivity index (χ1) is 9.34. The van der Waals surface area contributed by atoms with Gasteiger partial charge in [-0.3, -0.25) is 0 Å². The van der Waals surface area contributed by atoms with Crippen molar-refractivity contribution in [2.45, 2.75) is 18.2 Å². The highest BCUT2D eigenvalue weighted by Gasteiger charge is 2.15. The van der Waals surface area contributed by atoms with Crippen LogP contribution in [0.5, 0.6) is 0 Å². The molecule has 1 rings (SSSR count). The molecule has 1 aromatic rings. The third-order valence-electron chi connectivity index (χ3n) is 2.24. The van der Waals surface area contributed by atoms with Gasteiger partial charge in [0.1, 0.15) is 6.61 Å². The second kappa shape index (κ2) is 7.72. The van der Waals surface area contributed by atoms with Crippen LogP contribution in [0.3, 0.4) is 0 Å². The molecule has 0 aliphatic rings. The van der Waals surface area contributed by atoms with Crippen molar-refractivity contribution >= 4 is 31.9 Å². The first-order valence-corrected chi connectivity index (χ1v) is 8.26. The summed E-state index contributed by atoms with van der Waals surface area (Å²) in [7, 11) is -3.88. The highest BCUT2D eigenvalue weighted by atomic mass is 79.9. The summed E-state index contributed by atoms with van der Waals surface area (Å²) in [5, 5.41) is 5.03. The van der Waals surface area contributed by atoms with Crippen LogP contribution in [0.15, 0.2) is 27.6 Å². The first kappa shape index (κ1) is 17.1. The third-order valence-corrected chi connectivity index (χ3v) is 3.60. The topological polar surface area (TPSA) is 95.7 Å². The Morgan fingerprint density at radius 2 is 1.95 bits per heavy atom. The summed E-state index contributed by atoms with van der Waals surface area (Å²) in [4.78, 5) is 11.6. The second-order valence-corrected chi connectivity index (χ2v) is 6.45. The van der Waals surface area contributed by atoms with Gasteiger partial charge in [0.25, 0.3) is 0 Å². The maximum atomic E-state index is 11.8. The van der Waals surface area contributed by atoms with Gasteiger partial charge in [0.2, 0.25) is 10.0 Å². The van der Waals surface area contributed by atoms with Gasteiger partial charge in [0.15, 0.2) is 0 Å². The summed E-state index contributed by atoms with van der Waals surface area (Å²) < 4.78 is 33.1. The number of esters is 1. The molecule has 0 spiro atoms. The summed E-state index contributed by atoms with van der Waals surface area (Å²) in [5.74, 6) is -0.628. The fourth-order valence-electron chi connectivity index (χ4n) is 1.37. The number of benzene rings is 1. The lowest BCUT2D eigenvalue weighted by Crippen LogP contribution is -2.15. The molecule has 1 aromatic carbocycles. The van der Waals surface area contributed by atoms with E-state index < -0.39 is 16.0 Å². The Balaban J connectivity index is 2.71. The molecule has 0 atom stereocenters. The van der Waals surface area contributed by atoms with Gasteiger partial charge in [0, 0.05) is 11.1 Å². The molecular formula is C12H16BrNO5S. The molecule has 0 unspecified atom stereocenters. The van der Waals surface area contributed by atoms with Crippen molar-refractivity contribution in [1.82, 2.24) is 0 Å². The number of hydrogen-bond donors (Lipinski definition) is 1. The maximum absolute atomic E-state index is 11.8. The van der Waals surface area contributed by atoms with E-state index in [-0.39, 0.29) is 17.1 Å². The molecule has 0 bridgehead atoms. The molecule has 0 heterocycles. The van der Waals surface area contributed by atoms with E-state index >= 15 is 0 Å². The van der Waals surface area contributed by atoms with E-state index in [0.717, 1.165) is 6.42 Å². The average molecular weight is 366 g/mol. The molecule has 0 saturated carbocycles. The third kappa shape index (κ3) is 5.58. The molecule has 112 valence electrons. The average Bonchev–Trinajstić information content (AvgIpc) is 2.36. The molecule has 6 nitrogen and oxygen atoms in total. The van der Waals surface area contributed by atoms with Gasteiger partial charge in [0.05, 0.1) is 17.1 Å². The van der Waals surface area contributed by atoms with Crippen LogP contribution >= 0.6 is 15.9 Å². The Kier molecular flexibility index (Phi) is 6.60. The number of carbonyl (C=O) groups excluding carboxylic acids is 1. The Morgan fingerprint density at radius 3 is 2.55 bits per heavy atom. The van der Waals surface area contributed by atoms with Crippen molar-refractivity contribution in [2.24, 2.45) is 5.14 Å². The van der Waals surface area contributed by atoms with E-state index in [4.69, 9.17) is 14.6 Å². The SMILES string of the molecule is CCCOCCOC(=O)c1cc(Br)cc(S(N)(=O)=O)c1. The standard InChI is InChI=1S/C12H16BrNO5S/c1-2-3-18-4-5-19-12(15)9-6-10(13)8-11(7-9)20(14,16)17/h6-8H,2-5H2,1H3,(H2,14,16,17). The van der Waals surface area contributed by atoms with Crippen LogP contribution in [0, 0.1) is 0 Å². The van der Waals surface area contributed by atoms with Crippen molar-refractivity contribution < 1.29 is 22.7 Å². The number of halogens is 1. The normalized spacial score (nSPS) is 11.3. The van der Waals surface area contributed by atoms with Gasteiger partial charge in [-0.05, 0) is 24.6 Å². The number of hydrogen-bond acceptors (Lipinski definition) is 5. The van der Waals surface area contributed by atoms with E-state index in [2.05, 4.69) is 15.9 Å². The summed E-state index contributed by atoms with van der Waals surface area (Å²) in [5.41, 5.74) is 0.110. The lowest BCUT2D eigenvalue weighted by Gasteiger charge is -2.07. The molecule has 0 aliphatic heterocycles. The number of ether oxygens (including phenoxy) is 2. The van der Waals surface area contributed by atoms with Crippen LogP contribution in [0.2, 0.25) is 0 Å². The van der Waals surface area contributed by atoms with Gasteiger partial charge in [-0.25, -0.2) is 18.4 Å². The molecule has 0 aromatic heterocycles. The van der Waals surface area contributed by atoms with E-state index in [1.165, 1.54) is 18.2 Å². The highest BCUT2D eigenvalue weighted by molar-refractivity contribution is 9.10. The van der Waals surface area contributed by atoms with E-state index in [0.29, 0.717) is 17.7 Å². The van der Waals surface area contributed by atoms with Crippen LogP contribution < -0.4 is 5.14 Å². The molecule has 0 saturated heterocycles. The molecule has 0 fully saturated rings. The molecule has 20 heavy (non-hydrogen) atoms. The van der Waals surface area contributed by atoms with Crippen LogP contribution in [-0.2, 0) is 19.5 Å². The number of nitrogens with two attached hydrogens (primary N) is 1. The lowest BCUT2D eigenvalue weighted by atomic mass is 10.2. The predicted molar refractivity (Wildman–Crippen MR) is 76.9 cm³/mol. The maximum Gasteiger partial charge on any atom is 0.338 e. The zero-order valence-corrected chi connectivity index (χ0v) is 13.4. The lowest BCUT2D eigenvalue weighted by molar-refractivity contribution is 0.0318. The number of rotatable bonds is 7. The zero-order chi connectivity index (χ0) is 15.2. The minimum absolute atomic E-state index is 0.107. The number of carbonyl (C=O) groups is 1. The Labute approximate surface area is 126 Å². The molecule has 8 heteroatoms. The first-order valence-electron chi connectivity index (χ1n) is 5.93. The van der Waals surface area contributed by atoms with Crippen molar-refractivity contribution in [3.63, 3.8) is 0 Å². The number of primary sulfonamides is 1. The minimum atomic E-state index is -3.88. The zero-order valence-electron chi connectivity index (χ0n) is 11.0. The van der Waals surface area contributed by atoms with Crippen molar-refractivity contribution in [1.29, 1.82) is 0 Å². The van der Waals surface area contributed by atoms with Crippen LogP contribution in [-0.4, -0.2) is 34.2 Å². The fourth-order valence-corrected chi connectivity index (χ4v) is 2.60. The largest absolute Gasteiger partial charge is 0.460 e. The van der Waals surface area contributed by atoms with E-state index in [1.54, 1.807) is 0 Å². The molecule has 0 aliphatic carbocycles. The summed E-state index contributed by atoms with van der Waals surface area (Å²) in [6.45, 7) is 2.98. The summed E-state index contributed by atoms with van der Waals surface area (Å²) in [6.07, 6.45) is 0.886. The van der Waals surface area contributed by atoms with Crippen molar-refractivity contribution in [2.75, 3.05) is 19.8 Å². The van der Waals surface area contributed by atoms with E-state index in [9.17, 15) is 13.2 Å². The Bertz CT molecular complexity index is 573. The van der Waals surface area contributed by atoms with Crippen LogP contribution in [0.4, 0.5) is 0 Å². The fraction of sp³-hybridized carbons (Fsp3) is 0.417. The molecule has 0 radical (unpaired) electrons. The Hall–Kier alpha value is -0.960.